The first kappa shape index (κ1) is 11.9. The van der Waals surface area contributed by atoms with Crippen molar-refractivity contribution in [1.82, 2.24) is 0 Å². The van der Waals surface area contributed by atoms with Crippen LogP contribution < -0.4 is 0 Å². The number of hydrogen-bond donors (Lipinski definition) is 1. The fourth-order valence-corrected chi connectivity index (χ4v) is 1.12. The van der Waals surface area contributed by atoms with Crippen molar-refractivity contribution in [3.63, 3.8) is 0 Å². The van der Waals surface area contributed by atoms with Crippen LogP contribution in [0.1, 0.15) is 52.9 Å². The maximum Gasteiger partial charge on any atom is 0.101 e. The zero-order chi connectivity index (χ0) is 9.45. The molecule has 0 amide bonds. The van der Waals surface area contributed by atoms with Gasteiger partial charge in [0.2, 0.25) is 0 Å². The number of hydrogen-bond acceptors (Lipinski definition) is 3. The summed E-state index contributed by atoms with van der Waals surface area (Å²) in [6.45, 7) is 5.98. The van der Waals surface area contributed by atoms with E-state index in [1.165, 1.54) is 19.3 Å². The summed E-state index contributed by atoms with van der Waals surface area (Å²) >= 11 is 0. The first-order valence-electron chi connectivity index (χ1n) is 4.61. The lowest BCUT2D eigenvalue weighted by Gasteiger charge is -2.20. The smallest absolute Gasteiger partial charge is 0.101 e. The van der Waals surface area contributed by atoms with Crippen molar-refractivity contribution < 1.29 is 15.2 Å². The largest absolute Gasteiger partial charge is 0.221 e. The molecule has 12 heavy (non-hydrogen) atoms. The van der Waals surface area contributed by atoms with Gasteiger partial charge < -0.3 is 0 Å². The van der Waals surface area contributed by atoms with E-state index in [1.807, 2.05) is 13.8 Å². The van der Waals surface area contributed by atoms with Gasteiger partial charge in [0.25, 0.3) is 0 Å². The van der Waals surface area contributed by atoms with Gasteiger partial charge in [0.05, 0.1) is 0 Å². The van der Waals surface area contributed by atoms with E-state index in [0.29, 0.717) is 0 Å². The van der Waals surface area contributed by atoms with E-state index in [-0.39, 0.29) is 5.60 Å². The summed E-state index contributed by atoms with van der Waals surface area (Å²) in [6.07, 6.45) is 5.74. The zero-order valence-corrected chi connectivity index (χ0v) is 8.30. The van der Waals surface area contributed by atoms with Crippen molar-refractivity contribution in [2.75, 3.05) is 0 Å². The van der Waals surface area contributed by atoms with E-state index in [4.69, 9.17) is 5.26 Å². The van der Waals surface area contributed by atoms with E-state index >= 15 is 0 Å². The van der Waals surface area contributed by atoms with Crippen LogP contribution in [0, 0.1) is 0 Å². The molecule has 0 atom stereocenters. The second kappa shape index (κ2) is 6.40. The van der Waals surface area contributed by atoms with Crippen molar-refractivity contribution >= 4 is 0 Å². The van der Waals surface area contributed by atoms with Gasteiger partial charge >= 0.3 is 0 Å². The normalized spacial score (nSPS) is 12.0. The summed E-state index contributed by atoms with van der Waals surface area (Å²) in [4.78, 5) is 4.67. The second-order valence-electron chi connectivity index (χ2n) is 3.73. The second-order valence-corrected chi connectivity index (χ2v) is 3.73. The minimum atomic E-state index is -0.373. The first-order valence-corrected chi connectivity index (χ1v) is 4.61. The van der Waals surface area contributed by atoms with Crippen molar-refractivity contribution in [3.8, 4) is 0 Å². The lowest BCUT2D eigenvalue weighted by Crippen LogP contribution is -2.23. The van der Waals surface area contributed by atoms with Crippen LogP contribution in [-0.2, 0) is 9.93 Å². The molecule has 0 saturated carbocycles. The number of rotatable bonds is 7. The van der Waals surface area contributed by atoms with Crippen LogP contribution in [0.2, 0.25) is 0 Å². The van der Waals surface area contributed by atoms with Gasteiger partial charge in [0.15, 0.2) is 0 Å². The third-order valence-electron chi connectivity index (χ3n) is 1.90. The molecule has 0 radical (unpaired) electrons. The summed E-state index contributed by atoms with van der Waals surface area (Å²) in [6, 6.07) is 0. The Morgan fingerprint density at radius 1 is 1.17 bits per heavy atom. The molecule has 0 heterocycles. The zero-order valence-electron chi connectivity index (χ0n) is 8.30. The molecular weight excluding hydrogens is 156 g/mol. The van der Waals surface area contributed by atoms with Gasteiger partial charge in [0.1, 0.15) is 5.60 Å². The highest BCUT2D eigenvalue weighted by Crippen LogP contribution is 2.18. The summed E-state index contributed by atoms with van der Waals surface area (Å²) in [5.41, 5.74) is -0.373. The van der Waals surface area contributed by atoms with Crippen molar-refractivity contribution in [2.24, 2.45) is 0 Å². The Morgan fingerprint density at radius 3 is 2.33 bits per heavy atom. The third kappa shape index (κ3) is 6.58. The van der Waals surface area contributed by atoms with Gasteiger partial charge in [-0.3, -0.25) is 0 Å². The van der Waals surface area contributed by atoms with Gasteiger partial charge in [-0.1, -0.05) is 37.6 Å². The van der Waals surface area contributed by atoms with Crippen LogP contribution >= 0.6 is 0 Å². The van der Waals surface area contributed by atoms with Gasteiger partial charge in [-0.2, -0.15) is 0 Å². The minimum Gasteiger partial charge on any atom is -0.221 e. The van der Waals surface area contributed by atoms with Crippen LogP contribution in [0.4, 0.5) is 0 Å². The van der Waals surface area contributed by atoms with E-state index in [1.54, 1.807) is 0 Å². The third-order valence-corrected chi connectivity index (χ3v) is 1.90. The summed E-state index contributed by atoms with van der Waals surface area (Å²) in [5, 5.41) is 11.7. The molecule has 74 valence electrons. The highest BCUT2D eigenvalue weighted by Gasteiger charge is 2.19. The SMILES string of the molecule is CCCCCCC(C)(C)OOO. The lowest BCUT2D eigenvalue weighted by atomic mass is 10.0. The molecule has 0 aliphatic heterocycles. The van der Waals surface area contributed by atoms with Crippen molar-refractivity contribution in [2.45, 2.75) is 58.5 Å². The predicted molar refractivity (Wildman–Crippen MR) is 47.6 cm³/mol. The molecule has 0 aromatic carbocycles. The Kier molecular flexibility index (Phi) is 6.34. The molecule has 0 rings (SSSR count). The lowest BCUT2D eigenvalue weighted by molar-refractivity contribution is -0.522. The molecule has 1 N–H and O–H groups in total. The predicted octanol–water partition coefficient (Wildman–Crippen LogP) is 3.16. The maximum absolute atomic E-state index is 8.08. The van der Waals surface area contributed by atoms with Crippen molar-refractivity contribution in [1.29, 1.82) is 0 Å². The summed E-state index contributed by atoms with van der Waals surface area (Å²) in [7, 11) is 0. The Morgan fingerprint density at radius 2 is 1.83 bits per heavy atom. The van der Waals surface area contributed by atoms with Gasteiger partial charge in [-0.05, 0) is 20.3 Å². The quantitative estimate of drug-likeness (QED) is 0.368. The molecule has 0 aromatic rings. The molecular formula is C9H20O3. The molecule has 0 aromatic heterocycles. The van der Waals surface area contributed by atoms with Gasteiger partial charge in [-0.25, -0.2) is 10.1 Å². The topological polar surface area (TPSA) is 38.7 Å². The minimum absolute atomic E-state index is 0.373. The molecule has 3 heteroatoms. The standard InChI is InChI=1S/C9H20O3/c1-4-5-6-7-8-9(2,3)11-12-10/h10H,4-8H2,1-3H3. The molecule has 0 aliphatic rings. The molecule has 0 spiro atoms. The fourth-order valence-electron chi connectivity index (χ4n) is 1.12. The molecule has 0 aliphatic carbocycles. The van der Waals surface area contributed by atoms with Crippen molar-refractivity contribution in [3.05, 3.63) is 0 Å². The molecule has 0 fully saturated rings. The first-order chi connectivity index (χ1) is 5.62. The number of unbranched alkanes of at least 4 members (excludes halogenated alkanes) is 3. The molecule has 0 unspecified atom stereocenters. The maximum atomic E-state index is 8.08. The average Bonchev–Trinajstić information content (AvgIpc) is 1.98. The van der Waals surface area contributed by atoms with Crippen LogP contribution in [0.5, 0.6) is 0 Å². The Labute approximate surface area is 74.5 Å². The molecule has 3 nitrogen and oxygen atoms in total. The fraction of sp³-hybridized carbons (Fsp3) is 1.00. The average molecular weight is 176 g/mol. The van der Waals surface area contributed by atoms with Crippen LogP contribution in [0.25, 0.3) is 0 Å². The monoisotopic (exact) mass is 176 g/mol. The van der Waals surface area contributed by atoms with E-state index < -0.39 is 0 Å². The summed E-state index contributed by atoms with van der Waals surface area (Å²) in [5.74, 6) is 0. The molecule has 0 bridgehead atoms. The Hall–Kier alpha value is -0.120. The van der Waals surface area contributed by atoms with Crippen LogP contribution in [-0.4, -0.2) is 10.9 Å². The Balaban J connectivity index is 3.33. The Bertz CT molecular complexity index is 102. The van der Waals surface area contributed by atoms with E-state index in [0.717, 1.165) is 12.8 Å². The highest BCUT2D eigenvalue weighted by atomic mass is 17.5. The highest BCUT2D eigenvalue weighted by molar-refractivity contribution is 4.65. The van der Waals surface area contributed by atoms with Gasteiger partial charge in [0, 0.05) is 0 Å². The van der Waals surface area contributed by atoms with Crippen LogP contribution in [0.3, 0.4) is 0 Å². The van der Waals surface area contributed by atoms with E-state index in [9.17, 15) is 0 Å². The van der Waals surface area contributed by atoms with Crippen LogP contribution in [0.15, 0.2) is 0 Å². The molecule has 0 saturated heterocycles. The summed E-state index contributed by atoms with van der Waals surface area (Å²) < 4.78 is 0. The van der Waals surface area contributed by atoms with Gasteiger partial charge in [-0.15, -0.1) is 0 Å². The van der Waals surface area contributed by atoms with E-state index in [2.05, 4.69) is 16.8 Å².